The first-order chi connectivity index (χ1) is 42.6. The average Bonchev–Trinajstić information content (AvgIpc) is 3.57. The molecule has 0 saturated carbocycles. The van der Waals surface area contributed by atoms with Crippen molar-refractivity contribution in [2.75, 3.05) is 81.5 Å². The van der Waals surface area contributed by atoms with Crippen LogP contribution in [0.3, 0.4) is 0 Å². The summed E-state index contributed by atoms with van der Waals surface area (Å²) in [5.74, 6) is 6.63. The second kappa shape index (κ2) is 31.8. The van der Waals surface area contributed by atoms with E-state index in [1.165, 1.54) is 0 Å². The van der Waals surface area contributed by atoms with Crippen LogP contribution in [0.4, 0.5) is 0 Å². The molecule has 14 heteroatoms. The zero-order valence-electron chi connectivity index (χ0n) is 51.8. The molecule has 9 aromatic carbocycles. The van der Waals surface area contributed by atoms with Crippen molar-refractivity contribution in [1.82, 2.24) is 0 Å². The van der Waals surface area contributed by atoms with Crippen molar-refractivity contribution >= 4 is 74.1 Å². The quantitative estimate of drug-likeness (QED) is 0.0405. The summed E-state index contributed by atoms with van der Waals surface area (Å²) in [6.07, 6.45) is 2.11. The topological polar surface area (TPSA) is 92.3 Å². The van der Waals surface area contributed by atoms with Crippen molar-refractivity contribution in [2.24, 2.45) is 0 Å². The largest absolute Gasteiger partial charge is 0.496 e. The van der Waals surface area contributed by atoms with Gasteiger partial charge in [0.2, 0.25) is 0 Å². The highest BCUT2D eigenvalue weighted by molar-refractivity contribution is 7.75. The Kier molecular flexibility index (Phi) is 23.6. The minimum atomic E-state index is -1.13. The molecular weight excluding hydrogens is 1160 g/mol. The van der Waals surface area contributed by atoms with Crippen LogP contribution in [0.15, 0.2) is 200 Å². The van der Waals surface area contributed by atoms with Crippen LogP contribution in [0.1, 0.15) is 27.8 Å². The highest BCUT2D eigenvalue weighted by atomic mass is 31.1. The van der Waals surface area contributed by atoms with E-state index >= 15 is 0 Å². The summed E-state index contributed by atoms with van der Waals surface area (Å²) in [6.45, 7) is 7.37. The van der Waals surface area contributed by atoms with Gasteiger partial charge in [0.05, 0.1) is 82.3 Å². The Morgan fingerprint density at radius 1 is 0.264 bits per heavy atom. The van der Waals surface area contributed by atoms with Crippen LogP contribution in [0, 0.1) is 20.8 Å². The predicted molar refractivity (Wildman–Crippen MR) is 366 cm³/mol. The lowest BCUT2D eigenvalue weighted by Gasteiger charge is -2.32. The first-order valence-electron chi connectivity index (χ1n) is 29.0. The van der Waals surface area contributed by atoms with Crippen LogP contribution in [0.5, 0.6) is 46.0 Å². The van der Waals surface area contributed by atoms with Crippen LogP contribution < -0.4 is 80.3 Å². The number of hydrogen-bond acceptors (Lipinski definition) is 10. The van der Waals surface area contributed by atoms with E-state index in [1.54, 1.807) is 56.9 Å². The number of benzene rings is 9. The van der Waals surface area contributed by atoms with Crippen molar-refractivity contribution in [3.05, 3.63) is 228 Å². The van der Waals surface area contributed by atoms with E-state index in [-0.39, 0.29) is 12.2 Å². The van der Waals surface area contributed by atoms with Gasteiger partial charge in [-0.2, -0.15) is 0 Å². The molecule has 0 aliphatic heterocycles. The summed E-state index contributed by atoms with van der Waals surface area (Å²) in [5.41, 5.74) is 5.73. The first-order valence-corrected chi connectivity index (χ1v) is 35.1. The van der Waals surface area contributed by atoms with Crippen LogP contribution in [-0.2, 0) is 22.7 Å². The molecule has 452 valence electrons. The van der Waals surface area contributed by atoms with Gasteiger partial charge in [-0.25, -0.2) is 0 Å². The summed E-state index contributed by atoms with van der Waals surface area (Å²) < 4.78 is 64.5. The van der Waals surface area contributed by atoms with E-state index in [2.05, 4.69) is 172 Å². The monoisotopic (exact) mass is 1240 g/mol. The molecular formula is C73H80O10P4. The Morgan fingerprint density at radius 3 is 0.609 bits per heavy atom. The van der Waals surface area contributed by atoms with Gasteiger partial charge in [0.1, 0.15) is 46.0 Å². The fraction of sp³-hybridized carbons (Fsp3) is 0.260. The molecule has 0 heterocycles. The Morgan fingerprint density at radius 2 is 0.437 bits per heavy atom. The molecule has 9 rings (SSSR count). The third-order valence-electron chi connectivity index (χ3n) is 15.8. The average molecular weight is 1240 g/mol. The molecule has 0 aliphatic rings. The third-order valence-corrected chi connectivity index (χ3v) is 26.5. The second-order valence-electron chi connectivity index (χ2n) is 20.8. The summed E-state index contributed by atoms with van der Waals surface area (Å²) >= 11 is 0. The van der Waals surface area contributed by atoms with Crippen LogP contribution in [0.2, 0.25) is 0 Å². The summed E-state index contributed by atoms with van der Waals surface area (Å²) in [7, 11) is 9.48. The molecule has 0 spiro atoms. The van der Waals surface area contributed by atoms with E-state index < -0.39 is 31.7 Å². The summed E-state index contributed by atoms with van der Waals surface area (Å²) in [4.78, 5) is 0. The second-order valence-corrected chi connectivity index (χ2v) is 29.5. The van der Waals surface area contributed by atoms with Crippen molar-refractivity contribution in [2.45, 2.75) is 46.2 Å². The van der Waals surface area contributed by atoms with Gasteiger partial charge in [0.15, 0.2) is 0 Å². The number of methoxy groups -OCH3 is 8. The number of aryl methyl sites for hydroxylation is 2. The Bertz CT molecular complexity index is 3060. The zero-order valence-corrected chi connectivity index (χ0v) is 55.4. The maximum Gasteiger partial charge on any atom is 0.126 e. The van der Waals surface area contributed by atoms with Gasteiger partial charge in [-0.15, -0.1) is 0 Å². The van der Waals surface area contributed by atoms with Gasteiger partial charge < -0.3 is 47.4 Å². The molecule has 9 aromatic rings. The van der Waals surface area contributed by atoms with Gasteiger partial charge >= 0.3 is 0 Å². The van der Waals surface area contributed by atoms with Crippen molar-refractivity contribution in [3.63, 3.8) is 0 Å². The van der Waals surface area contributed by atoms with Gasteiger partial charge in [-0.3, -0.25) is 0 Å². The molecule has 0 N–H and O–H groups in total. The highest BCUT2D eigenvalue weighted by Gasteiger charge is 2.34. The number of rotatable bonds is 30. The number of hydrogen-bond donors (Lipinski definition) is 0. The van der Waals surface area contributed by atoms with Crippen LogP contribution in [-0.4, -0.2) is 93.7 Å². The summed E-state index contributed by atoms with van der Waals surface area (Å²) in [6, 6.07) is 69.2. The third kappa shape index (κ3) is 15.3. The lowest BCUT2D eigenvalue weighted by atomic mass is 9.94. The fourth-order valence-electron chi connectivity index (χ4n) is 11.4. The molecule has 0 radical (unpaired) electrons. The Balaban J connectivity index is 1.14. The van der Waals surface area contributed by atoms with E-state index in [0.717, 1.165) is 116 Å². The zero-order chi connectivity index (χ0) is 61.2. The molecule has 0 atom stereocenters. The summed E-state index contributed by atoms with van der Waals surface area (Å²) in [5, 5.41) is 8.92. The molecule has 0 aliphatic carbocycles. The predicted octanol–water partition coefficient (Wildman–Crippen LogP) is 13.0. The van der Waals surface area contributed by atoms with Gasteiger partial charge in [-0.1, -0.05) is 152 Å². The number of ether oxygens (including phenoxy) is 10. The Labute approximate surface area is 520 Å². The van der Waals surface area contributed by atoms with Crippen LogP contribution >= 0.6 is 31.7 Å². The van der Waals surface area contributed by atoms with Crippen molar-refractivity contribution < 1.29 is 47.4 Å². The standard InChI is InChI=1S/C73H80O10P4/c1-51-44-52(2)57(46-83-55(49-86(70-40-24-16-32-62(70)78-8)71-41-25-17-33-63(71)79-9)50-87(72-42-26-18-34-64(72)80-10)73-43-27-19-35-65(73)81-11)53(3)56(51)45-82-54(47-84(66-36-20-12-28-58(66)74-4)67-37-21-13-29-59(67)75-5)48-85(68-38-22-14-30-60(68)76-6)69-39-23-15-31-61(69)77-7/h12-44,54-55H,45-50H2,1-11H3. The molecule has 0 amide bonds. The molecule has 10 nitrogen and oxygen atoms in total. The van der Waals surface area contributed by atoms with Crippen molar-refractivity contribution in [3.8, 4) is 46.0 Å². The molecule has 0 bridgehead atoms. The molecule has 0 fully saturated rings. The Hall–Kier alpha value is -6.98. The maximum absolute atomic E-state index is 7.63. The first kappa shape index (κ1) is 64.5. The van der Waals surface area contributed by atoms with Crippen LogP contribution in [0.25, 0.3) is 0 Å². The highest BCUT2D eigenvalue weighted by Crippen LogP contribution is 2.49. The molecule has 0 unspecified atom stereocenters. The minimum Gasteiger partial charge on any atom is -0.496 e. The molecule has 0 aromatic heterocycles. The van der Waals surface area contributed by atoms with Gasteiger partial charge in [0.25, 0.3) is 0 Å². The number of para-hydroxylation sites is 8. The smallest absolute Gasteiger partial charge is 0.126 e. The van der Waals surface area contributed by atoms with E-state index in [1.807, 2.05) is 48.5 Å². The van der Waals surface area contributed by atoms with E-state index in [4.69, 9.17) is 47.4 Å². The van der Waals surface area contributed by atoms with Gasteiger partial charge in [-0.05, 0) is 129 Å². The molecule has 0 saturated heterocycles. The fourth-order valence-corrected chi connectivity index (χ4v) is 22.6. The maximum atomic E-state index is 7.63. The van der Waals surface area contributed by atoms with E-state index in [0.29, 0.717) is 37.9 Å². The lowest BCUT2D eigenvalue weighted by molar-refractivity contribution is 0.0666. The van der Waals surface area contributed by atoms with Crippen molar-refractivity contribution in [1.29, 1.82) is 0 Å². The van der Waals surface area contributed by atoms with Gasteiger partial charge in [0, 0.05) is 67.1 Å². The normalized spacial score (nSPS) is 11.5. The molecule has 87 heavy (non-hydrogen) atoms. The lowest BCUT2D eigenvalue weighted by Crippen LogP contribution is -2.31. The van der Waals surface area contributed by atoms with E-state index in [9.17, 15) is 0 Å². The minimum absolute atomic E-state index is 0.288. The SMILES string of the molecule is COc1ccccc1P(CC(CP(c1ccccc1OC)c1ccccc1OC)OCc1c(C)cc(C)c(COC(CP(c2ccccc2OC)c2ccccc2OC)CP(c2ccccc2OC)c2ccccc2OC)c1C)c1ccccc1OC.